The molecule has 0 amide bonds. The fourth-order valence-electron chi connectivity index (χ4n) is 0.881. The molecule has 70 valence electrons. The Labute approximate surface area is 75.7 Å². The molecule has 1 aliphatic rings. The molecule has 0 radical (unpaired) electrons. The zero-order valence-corrected chi connectivity index (χ0v) is 7.38. The van der Waals surface area contributed by atoms with Crippen molar-refractivity contribution in [2.24, 2.45) is 0 Å². The molecule has 4 nitrogen and oxygen atoms in total. The summed E-state index contributed by atoms with van der Waals surface area (Å²) in [6, 6.07) is 0. The highest BCUT2D eigenvalue weighted by Crippen LogP contribution is 2.06. The molecule has 1 rings (SSSR count). The van der Waals surface area contributed by atoms with Gasteiger partial charge in [0.25, 0.3) is 0 Å². The van der Waals surface area contributed by atoms with E-state index in [0.717, 1.165) is 0 Å². The second kappa shape index (κ2) is 5.35. The Bertz CT molecular complexity index is 144. The summed E-state index contributed by atoms with van der Waals surface area (Å²) >= 11 is 5.22. The van der Waals surface area contributed by atoms with Crippen molar-refractivity contribution in [3.8, 4) is 0 Å². The smallest absolute Gasteiger partial charge is 0.320 e. The van der Waals surface area contributed by atoms with Gasteiger partial charge in [0.15, 0.2) is 0 Å². The molecule has 0 aromatic heterocycles. The van der Waals surface area contributed by atoms with E-state index in [1.54, 1.807) is 0 Å². The maximum Gasteiger partial charge on any atom is 0.320 e. The molecule has 1 saturated heterocycles. The van der Waals surface area contributed by atoms with Crippen molar-refractivity contribution in [1.82, 2.24) is 0 Å². The summed E-state index contributed by atoms with van der Waals surface area (Å²) in [5.41, 5.74) is 0. The maximum absolute atomic E-state index is 10.6. The minimum atomic E-state index is -0.393. The Kier molecular flexibility index (Phi) is 4.35. The molecular weight excluding hydrogens is 184 g/mol. The van der Waals surface area contributed by atoms with Crippen LogP contribution in [0.15, 0.2) is 0 Å². The molecule has 0 aromatic rings. The summed E-state index contributed by atoms with van der Waals surface area (Å²) in [6.45, 7) is 1.27. The Morgan fingerprint density at radius 2 is 2.50 bits per heavy atom. The van der Waals surface area contributed by atoms with Crippen LogP contribution >= 0.6 is 11.6 Å². The summed E-state index contributed by atoms with van der Waals surface area (Å²) in [6.07, 6.45) is 0.732. The van der Waals surface area contributed by atoms with Gasteiger partial charge >= 0.3 is 5.97 Å². The zero-order valence-electron chi connectivity index (χ0n) is 6.62. The van der Waals surface area contributed by atoms with Gasteiger partial charge in [-0.05, 0) is 0 Å². The highest BCUT2D eigenvalue weighted by atomic mass is 35.5. The van der Waals surface area contributed by atoms with Gasteiger partial charge in [-0.15, -0.1) is 11.6 Å². The highest BCUT2D eigenvalue weighted by molar-refractivity contribution is 6.26. The van der Waals surface area contributed by atoms with Crippen molar-refractivity contribution in [1.29, 1.82) is 0 Å². The summed E-state index contributed by atoms with van der Waals surface area (Å²) < 4.78 is 14.8. The Morgan fingerprint density at radius 3 is 3.08 bits per heavy atom. The monoisotopic (exact) mass is 194 g/mol. The number of rotatable bonds is 4. The molecule has 1 atom stereocenters. The number of hydrogen-bond donors (Lipinski definition) is 0. The SMILES string of the molecule is O=C(CCl)OCCC1COCO1. The normalized spacial score (nSPS) is 22.6. The zero-order chi connectivity index (χ0) is 8.81. The molecule has 1 heterocycles. The van der Waals surface area contributed by atoms with Crippen LogP contribution in [0.2, 0.25) is 0 Å². The first-order valence-corrected chi connectivity index (χ1v) is 4.27. The Balaban J connectivity index is 1.97. The molecule has 12 heavy (non-hydrogen) atoms. The van der Waals surface area contributed by atoms with Crippen LogP contribution in [-0.4, -0.2) is 38.0 Å². The lowest BCUT2D eigenvalue weighted by atomic mass is 10.3. The first kappa shape index (κ1) is 9.77. The van der Waals surface area contributed by atoms with Crippen molar-refractivity contribution in [3.63, 3.8) is 0 Å². The van der Waals surface area contributed by atoms with Gasteiger partial charge in [-0.3, -0.25) is 4.79 Å². The molecule has 0 aromatic carbocycles. The van der Waals surface area contributed by atoms with Crippen molar-refractivity contribution < 1.29 is 19.0 Å². The lowest BCUT2D eigenvalue weighted by molar-refractivity contribution is -0.141. The summed E-state index contributed by atoms with van der Waals surface area (Å²) in [5, 5.41) is 0. The van der Waals surface area contributed by atoms with Crippen LogP contribution in [0.4, 0.5) is 0 Å². The van der Waals surface area contributed by atoms with Crippen molar-refractivity contribution in [2.75, 3.05) is 25.9 Å². The highest BCUT2D eigenvalue weighted by Gasteiger charge is 2.15. The third-order valence-corrected chi connectivity index (χ3v) is 1.72. The number of halogens is 1. The molecule has 1 unspecified atom stereocenters. The fraction of sp³-hybridized carbons (Fsp3) is 0.857. The van der Waals surface area contributed by atoms with Crippen LogP contribution in [0.5, 0.6) is 0 Å². The quantitative estimate of drug-likeness (QED) is 0.484. The van der Waals surface area contributed by atoms with Gasteiger partial charge in [-0.1, -0.05) is 0 Å². The minimum Gasteiger partial charge on any atom is -0.465 e. The van der Waals surface area contributed by atoms with E-state index in [9.17, 15) is 4.79 Å². The van der Waals surface area contributed by atoms with Gasteiger partial charge in [-0.2, -0.15) is 0 Å². The van der Waals surface area contributed by atoms with Gasteiger partial charge in [-0.25, -0.2) is 0 Å². The lowest BCUT2D eigenvalue weighted by Gasteiger charge is -2.06. The number of ether oxygens (including phenoxy) is 3. The van der Waals surface area contributed by atoms with E-state index in [1.807, 2.05) is 0 Å². The summed E-state index contributed by atoms with van der Waals surface area (Å²) in [5.74, 6) is -0.488. The molecule has 0 saturated carbocycles. The number of hydrogen-bond acceptors (Lipinski definition) is 4. The van der Waals surface area contributed by atoms with E-state index in [1.165, 1.54) is 0 Å². The van der Waals surface area contributed by atoms with Gasteiger partial charge < -0.3 is 14.2 Å². The van der Waals surface area contributed by atoms with Crippen LogP contribution in [0.3, 0.4) is 0 Å². The average molecular weight is 195 g/mol. The number of carbonyl (C=O) groups excluding carboxylic acids is 1. The predicted molar refractivity (Wildman–Crippen MR) is 42.0 cm³/mol. The van der Waals surface area contributed by atoms with Gasteiger partial charge in [0, 0.05) is 6.42 Å². The Morgan fingerprint density at radius 1 is 1.67 bits per heavy atom. The largest absolute Gasteiger partial charge is 0.465 e. The van der Waals surface area contributed by atoms with E-state index >= 15 is 0 Å². The van der Waals surface area contributed by atoms with Crippen LogP contribution in [0.1, 0.15) is 6.42 Å². The van der Waals surface area contributed by atoms with Crippen LogP contribution in [0, 0.1) is 0 Å². The van der Waals surface area contributed by atoms with E-state index in [0.29, 0.717) is 26.4 Å². The van der Waals surface area contributed by atoms with Crippen molar-refractivity contribution in [2.45, 2.75) is 12.5 Å². The molecule has 0 spiro atoms. The van der Waals surface area contributed by atoms with E-state index in [4.69, 9.17) is 25.8 Å². The van der Waals surface area contributed by atoms with Crippen molar-refractivity contribution >= 4 is 17.6 Å². The number of alkyl halides is 1. The standard InChI is InChI=1S/C7H11ClO4/c8-3-7(9)11-2-1-6-4-10-5-12-6/h6H,1-5H2. The molecule has 1 aliphatic heterocycles. The first-order valence-electron chi connectivity index (χ1n) is 3.74. The topological polar surface area (TPSA) is 44.8 Å². The third-order valence-electron chi connectivity index (χ3n) is 1.50. The van der Waals surface area contributed by atoms with Crippen LogP contribution in [-0.2, 0) is 19.0 Å². The number of carbonyl (C=O) groups is 1. The third kappa shape index (κ3) is 3.38. The molecule has 0 N–H and O–H groups in total. The molecule has 5 heteroatoms. The van der Waals surface area contributed by atoms with E-state index in [2.05, 4.69) is 0 Å². The predicted octanol–water partition coefficient (Wildman–Crippen LogP) is 0.531. The van der Waals surface area contributed by atoms with E-state index in [-0.39, 0.29) is 12.0 Å². The van der Waals surface area contributed by atoms with Crippen molar-refractivity contribution in [3.05, 3.63) is 0 Å². The fourth-order valence-corrected chi connectivity index (χ4v) is 0.959. The van der Waals surface area contributed by atoms with Gasteiger partial charge in [0.2, 0.25) is 0 Å². The van der Waals surface area contributed by atoms with Gasteiger partial charge in [0.05, 0.1) is 19.3 Å². The maximum atomic E-state index is 10.6. The number of esters is 1. The molecule has 0 bridgehead atoms. The van der Waals surface area contributed by atoms with Crippen LogP contribution < -0.4 is 0 Å². The molecular formula is C7H11ClO4. The molecule has 0 aliphatic carbocycles. The lowest BCUT2D eigenvalue weighted by Crippen LogP contribution is -2.15. The Hall–Kier alpha value is -0.320. The van der Waals surface area contributed by atoms with Gasteiger partial charge in [0.1, 0.15) is 12.7 Å². The minimum absolute atomic E-state index is 0.0631. The van der Waals surface area contributed by atoms with Crippen LogP contribution in [0.25, 0.3) is 0 Å². The molecule has 1 fully saturated rings. The first-order chi connectivity index (χ1) is 5.83. The second-order valence-corrected chi connectivity index (χ2v) is 2.69. The summed E-state index contributed by atoms with van der Waals surface area (Å²) in [4.78, 5) is 10.6. The second-order valence-electron chi connectivity index (χ2n) is 2.42. The average Bonchev–Trinajstić information content (AvgIpc) is 2.57. The van der Waals surface area contributed by atoms with E-state index < -0.39 is 5.97 Å². The summed E-state index contributed by atoms with van der Waals surface area (Å²) in [7, 11) is 0.